The number of hydrogen-bond acceptors (Lipinski definition) is 4. The van der Waals surface area contributed by atoms with Crippen molar-refractivity contribution in [2.75, 3.05) is 6.54 Å². The van der Waals surface area contributed by atoms with Gasteiger partial charge in [0, 0.05) is 25.6 Å². The molecule has 0 spiro atoms. The average molecular weight is 287 g/mol. The summed E-state index contributed by atoms with van der Waals surface area (Å²) in [5.41, 5.74) is 2.70. The third kappa shape index (κ3) is 2.89. The van der Waals surface area contributed by atoms with Crippen LogP contribution in [0, 0.1) is 6.92 Å². The van der Waals surface area contributed by atoms with E-state index in [9.17, 15) is 9.59 Å². The van der Waals surface area contributed by atoms with Gasteiger partial charge in [-0.25, -0.2) is 4.98 Å². The Morgan fingerprint density at radius 3 is 3.10 bits per heavy atom. The molecule has 3 rings (SSSR count). The molecule has 6 heteroatoms. The standard InChI is InChI=1S/C15H17N3O3/c1-9-17-11(8-21-9)5-6-16-14(19)12-7-10-3-2-4-13(10)18-15(12)20/h7-8H,2-6H2,1H3,(H,16,19)(H,18,20). The average Bonchev–Trinajstić information content (AvgIpc) is 3.06. The largest absolute Gasteiger partial charge is 0.449 e. The van der Waals surface area contributed by atoms with Crippen molar-refractivity contribution in [1.82, 2.24) is 15.3 Å². The molecule has 21 heavy (non-hydrogen) atoms. The number of carbonyl (C=O) groups is 1. The highest BCUT2D eigenvalue weighted by Crippen LogP contribution is 2.18. The van der Waals surface area contributed by atoms with E-state index in [1.165, 1.54) is 0 Å². The third-order valence-corrected chi connectivity index (χ3v) is 3.67. The Morgan fingerprint density at radius 1 is 1.48 bits per heavy atom. The lowest BCUT2D eigenvalue weighted by molar-refractivity contribution is 0.0952. The van der Waals surface area contributed by atoms with Gasteiger partial charge in [0.1, 0.15) is 11.8 Å². The predicted molar refractivity (Wildman–Crippen MR) is 76.4 cm³/mol. The molecule has 1 aliphatic carbocycles. The van der Waals surface area contributed by atoms with E-state index in [4.69, 9.17) is 4.42 Å². The molecule has 0 unspecified atom stereocenters. The topological polar surface area (TPSA) is 88.0 Å². The summed E-state index contributed by atoms with van der Waals surface area (Å²) in [7, 11) is 0. The van der Waals surface area contributed by atoms with Crippen molar-refractivity contribution >= 4 is 5.91 Å². The van der Waals surface area contributed by atoms with Crippen molar-refractivity contribution in [3.63, 3.8) is 0 Å². The number of amides is 1. The highest BCUT2D eigenvalue weighted by Gasteiger charge is 2.17. The molecule has 1 aliphatic rings. The molecule has 2 heterocycles. The van der Waals surface area contributed by atoms with Crippen molar-refractivity contribution in [1.29, 1.82) is 0 Å². The molecule has 0 bridgehead atoms. The number of carbonyl (C=O) groups excluding carboxylic acids is 1. The van der Waals surface area contributed by atoms with E-state index in [1.54, 1.807) is 19.3 Å². The zero-order valence-electron chi connectivity index (χ0n) is 11.9. The minimum Gasteiger partial charge on any atom is -0.449 e. The van der Waals surface area contributed by atoms with Crippen LogP contribution in [-0.4, -0.2) is 22.4 Å². The van der Waals surface area contributed by atoms with Crippen LogP contribution in [0.3, 0.4) is 0 Å². The number of aromatic nitrogens is 2. The molecule has 0 fully saturated rings. The van der Waals surface area contributed by atoms with E-state index in [0.29, 0.717) is 18.9 Å². The summed E-state index contributed by atoms with van der Waals surface area (Å²) in [6, 6.07) is 1.72. The first-order valence-electron chi connectivity index (χ1n) is 7.08. The van der Waals surface area contributed by atoms with Gasteiger partial charge in [-0.05, 0) is 30.9 Å². The number of hydrogen-bond donors (Lipinski definition) is 2. The minimum absolute atomic E-state index is 0.187. The van der Waals surface area contributed by atoms with Crippen molar-refractivity contribution in [2.24, 2.45) is 0 Å². The van der Waals surface area contributed by atoms with Gasteiger partial charge in [-0.1, -0.05) is 0 Å². The zero-order chi connectivity index (χ0) is 14.8. The number of nitrogens with zero attached hydrogens (tertiary/aromatic N) is 1. The van der Waals surface area contributed by atoms with Crippen LogP contribution in [0.2, 0.25) is 0 Å². The van der Waals surface area contributed by atoms with E-state index >= 15 is 0 Å². The van der Waals surface area contributed by atoms with Crippen LogP contribution >= 0.6 is 0 Å². The van der Waals surface area contributed by atoms with Gasteiger partial charge in [-0.15, -0.1) is 0 Å². The minimum atomic E-state index is -0.342. The molecule has 2 aromatic heterocycles. The van der Waals surface area contributed by atoms with Crippen LogP contribution in [-0.2, 0) is 19.3 Å². The molecule has 0 saturated heterocycles. The summed E-state index contributed by atoms with van der Waals surface area (Å²) in [4.78, 5) is 31.0. The second-order valence-corrected chi connectivity index (χ2v) is 5.23. The van der Waals surface area contributed by atoms with Crippen molar-refractivity contribution in [2.45, 2.75) is 32.6 Å². The van der Waals surface area contributed by atoms with Gasteiger partial charge in [-0.2, -0.15) is 0 Å². The maximum absolute atomic E-state index is 12.1. The number of rotatable bonds is 4. The third-order valence-electron chi connectivity index (χ3n) is 3.67. The number of pyridine rings is 1. The Bertz CT molecular complexity index is 730. The van der Waals surface area contributed by atoms with Gasteiger partial charge in [-0.3, -0.25) is 9.59 Å². The first-order valence-corrected chi connectivity index (χ1v) is 7.08. The lowest BCUT2D eigenvalue weighted by Crippen LogP contribution is -2.31. The number of aromatic amines is 1. The fraction of sp³-hybridized carbons (Fsp3) is 0.400. The molecule has 0 atom stereocenters. The molecule has 1 amide bonds. The van der Waals surface area contributed by atoms with Gasteiger partial charge < -0.3 is 14.7 Å². The fourth-order valence-corrected chi connectivity index (χ4v) is 2.60. The van der Waals surface area contributed by atoms with Crippen LogP contribution in [0.15, 0.2) is 21.5 Å². The Balaban J connectivity index is 1.64. The lowest BCUT2D eigenvalue weighted by atomic mass is 10.1. The summed E-state index contributed by atoms with van der Waals surface area (Å²) >= 11 is 0. The molecular weight excluding hydrogens is 270 g/mol. The van der Waals surface area contributed by atoms with Crippen LogP contribution in [0.5, 0.6) is 0 Å². The maximum atomic E-state index is 12.1. The summed E-state index contributed by atoms with van der Waals surface area (Å²) in [6.07, 6.45) is 4.99. The molecule has 0 radical (unpaired) electrons. The monoisotopic (exact) mass is 287 g/mol. The van der Waals surface area contributed by atoms with Crippen LogP contribution in [0.1, 0.15) is 39.6 Å². The predicted octanol–water partition coefficient (Wildman–Crippen LogP) is 1.13. The summed E-state index contributed by atoms with van der Waals surface area (Å²) in [6.45, 7) is 2.19. The second-order valence-electron chi connectivity index (χ2n) is 5.23. The fourth-order valence-electron chi connectivity index (χ4n) is 2.60. The molecule has 2 aromatic rings. The summed E-state index contributed by atoms with van der Waals surface area (Å²) < 4.78 is 5.10. The van der Waals surface area contributed by atoms with Crippen LogP contribution in [0.25, 0.3) is 0 Å². The highest BCUT2D eigenvalue weighted by atomic mass is 16.3. The van der Waals surface area contributed by atoms with E-state index in [2.05, 4.69) is 15.3 Å². The molecular formula is C15H17N3O3. The van der Waals surface area contributed by atoms with E-state index in [0.717, 1.165) is 36.2 Å². The highest BCUT2D eigenvalue weighted by molar-refractivity contribution is 5.94. The molecule has 0 saturated carbocycles. The Morgan fingerprint density at radius 2 is 2.33 bits per heavy atom. The zero-order valence-corrected chi connectivity index (χ0v) is 11.9. The normalized spacial score (nSPS) is 13.2. The number of nitrogens with one attached hydrogen (secondary N) is 2. The van der Waals surface area contributed by atoms with Crippen molar-refractivity contribution < 1.29 is 9.21 Å². The summed E-state index contributed by atoms with van der Waals surface area (Å²) in [5.74, 6) is 0.262. The number of aryl methyl sites for hydroxylation is 3. The molecule has 6 nitrogen and oxygen atoms in total. The van der Waals surface area contributed by atoms with E-state index in [1.807, 2.05) is 0 Å². The van der Waals surface area contributed by atoms with Crippen LogP contribution in [0.4, 0.5) is 0 Å². The second kappa shape index (κ2) is 5.55. The van der Waals surface area contributed by atoms with Gasteiger partial charge >= 0.3 is 0 Å². The van der Waals surface area contributed by atoms with Gasteiger partial charge in [0.15, 0.2) is 5.89 Å². The Labute approximate surface area is 121 Å². The smallest absolute Gasteiger partial charge is 0.261 e. The Kier molecular flexibility index (Phi) is 3.60. The number of oxazole rings is 1. The SMILES string of the molecule is Cc1nc(CCNC(=O)c2cc3c([nH]c2=O)CCC3)co1. The van der Waals surface area contributed by atoms with Crippen molar-refractivity contribution in [3.05, 3.63) is 51.1 Å². The molecule has 2 N–H and O–H groups in total. The maximum Gasteiger partial charge on any atom is 0.261 e. The van der Waals surface area contributed by atoms with Crippen molar-refractivity contribution in [3.8, 4) is 0 Å². The lowest BCUT2D eigenvalue weighted by Gasteiger charge is -2.05. The molecule has 0 aliphatic heterocycles. The first kappa shape index (κ1) is 13.6. The number of H-pyrrole nitrogens is 1. The van der Waals surface area contributed by atoms with Gasteiger partial charge in [0.25, 0.3) is 11.5 Å². The quantitative estimate of drug-likeness (QED) is 0.882. The van der Waals surface area contributed by atoms with E-state index in [-0.39, 0.29) is 17.0 Å². The summed E-state index contributed by atoms with van der Waals surface area (Å²) in [5, 5.41) is 2.75. The molecule has 0 aromatic carbocycles. The Hall–Kier alpha value is -2.37. The first-order chi connectivity index (χ1) is 10.1. The van der Waals surface area contributed by atoms with Crippen LogP contribution < -0.4 is 10.9 Å². The van der Waals surface area contributed by atoms with E-state index < -0.39 is 0 Å². The van der Waals surface area contributed by atoms with Gasteiger partial charge in [0.05, 0.1) is 5.69 Å². The number of fused-ring (bicyclic) bond motifs is 1. The van der Waals surface area contributed by atoms with Gasteiger partial charge in [0.2, 0.25) is 0 Å². The molecule has 110 valence electrons.